The lowest BCUT2D eigenvalue weighted by molar-refractivity contribution is -0.125. The van der Waals surface area contributed by atoms with Crippen molar-refractivity contribution in [3.63, 3.8) is 0 Å². The summed E-state index contributed by atoms with van der Waals surface area (Å²) in [6, 6.07) is 28.6. The lowest BCUT2D eigenvalue weighted by Gasteiger charge is -2.43. The fourth-order valence-corrected chi connectivity index (χ4v) is 10.7. The molecule has 6 rings (SSSR count). The Morgan fingerprint density at radius 1 is 0.902 bits per heavy atom. The molecule has 0 aliphatic heterocycles. The first kappa shape index (κ1) is 35.8. The van der Waals surface area contributed by atoms with E-state index in [-0.39, 0.29) is 42.4 Å². The summed E-state index contributed by atoms with van der Waals surface area (Å²) in [6.07, 6.45) is 3.09. The quantitative estimate of drug-likeness (QED) is 0.109. The Balaban J connectivity index is 1.23. The van der Waals surface area contributed by atoms with E-state index in [1.165, 1.54) is 29.5 Å². The maximum absolute atomic E-state index is 14.4. The van der Waals surface area contributed by atoms with Crippen molar-refractivity contribution in [3.8, 4) is 11.6 Å². The van der Waals surface area contributed by atoms with E-state index in [9.17, 15) is 9.18 Å². The van der Waals surface area contributed by atoms with Crippen molar-refractivity contribution in [2.45, 2.75) is 38.8 Å². The van der Waals surface area contributed by atoms with Crippen molar-refractivity contribution in [1.29, 1.82) is 0 Å². The molecule has 1 amide bonds. The topological polar surface area (TPSA) is 113 Å². The van der Waals surface area contributed by atoms with E-state index in [2.05, 4.69) is 70.4 Å². The molecule has 3 heterocycles. The summed E-state index contributed by atoms with van der Waals surface area (Å²) >= 11 is 6.00. The summed E-state index contributed by atoms with van der Waals surface area (Å²) < 4.78 is 35.2. The molecule has 262 valence electrons. The minimum absolute atomic E-state index is 0.108. The van der Waals surface area contributed by atoms with E-state index in [1.807, 2.05) is 36.4 Å². The fraction of sp³-hybridized carbons (Fsp3) is 0.237. The van der Waals surface area contributed by atoms with Gasteiger partial charge in [-0.3, -0.25) is 4.79 Å². The van der Waals surface area contributed by atoms with Crippen LogP contribution in [-0.4, -0.2) is 64.9 Å². The van der Waals surface area contributed by atoms with Gasteiger partial charge >= 0.3 is 0 Å². The highest BCUT2D eigenvalue weighted by atomic mass is 35.5. The van der Waals surface area contributed by atoms with Crippen LogP contribution in [0.3, 0.4) is 0 Å². The third kappa shape index (κ3) is 7.69. The van der Waals surface area contributed by atoms with Crippen LogP contribution in [0.4, 0.5) is 10.2 Å². The lowest BCUT2D eigenvalue weighted by Crippen LogP contribution is -2.66. The molecule has 10 nitrogen and oxygen atoms in total. The molecule has 1 atom stereocenters. The minimum atomic E-state index is -2.79. The van der Waals surface area contributed by atoms with Crippen LogP contribution in [0, 0.1) is 12.7 Å². The highest BCUT2D eigenvalue weighted by Gasteiger charge is 2.50. The van der Waals surface area contributed by atoms with Gasteiger partial charge in [0.2, 0.25) is 12.0 Å². The summed E-state index contributed by atoms with van der Waals surface area (Å²) in [5.41, 5.74) is 1.30. The van der Waals surface area contributed by atoms with Gasteiger partial charge in [-0.05, 0) is 46.6 Å². The number of carbonyl (C=O) groups excluding carboxylic acids is 1. The third-order valence-corrected chi connectivity index (χ3v) is 13.8. The van der Waals surface area contributed by atoms with Gasteiger partial charge in [0.1, 0.15) is 23.3 Å². The monoisotopic (exact) mass is 724 g/mol. The molecule has 0 bridgehead atoms. The van der Waals surface area contributed by atoms with Gasteiger partial charge in [0.25, 0.3) is 14.2 Å². The second kappa shape index (κ2) is 15.5. The number of fused-ring (bicyclic) bond motifs is 1. The first-order valence-electron chi connectivity index (χ1n) is 16.4. The van der Waals surface area contributed by atoms with Gasteiger partial charge in [-0.2, -0.15) is 5.10 Å². The predicted molar refractivity (Wildman–Crippen MR) is 198 cm³/mol. The van der Waals surface area contributed by atoms with Crippen LogP contribution in [0.25, 0.3) is 16.7 Å². The average molecular weight is 725 g/mol. The number of nitrogens with one attached hydrogen (secondary N) is 1. The van der Waals surface area contributed by atoms with Crippen molar-refractivity contribution in [3.05, 3.63) is 126 Å². The van der Waals surface area contributed by atoms with Gasteiger partial charge in [0, 0.05) is 11.8 Å². The fourth-order valence-electron chi connectivity index (χ4n) is 6.08. The summed E-state index contributed by atoms with van der Waals surface area (Å²) in [5, 5.41) is 10.2. The van der Waals surface area contributed by atoms with E-state index in [1.54, 1.807) is 31.2 Å². The van der Waals surface area contributed by atoms with Crippen LogP contribution >= 0.6 is 11.6 Å². The first-order valence-corrected chi connectivity index (χ1v) is 18.7. The van der Waals surface area contributed by atoms with E-state index in [4.69, 9.17) is 25.5 Å². The van der Waals surface area contributed by atoms with Gasteiger partial charge < -0.3 is 19.2 Å². The highest BCUT2D eigenvalue weighted by molar-refractivity contribution is 6.99. The molecule has 0 aliphatic carbocycles. The number of amides is 1. The standard InChI is InChI=1S/C38H38ClFN6O4Si/c1-26-31(40)16-11-17-32(26)46-35-30(23-44-46)37(43-25-42-35)50-33(36(47)45-34-19-18-27(39)22-41-34)24-48-20-21-49-51(38(2,3)4,28-12-7-5-8-13-28)29-14-9-6-10-15-29/h5-19,22-23,25,33H,20-21,24H2,1-4H3,(H,41,45,47)/t33-/m0/s1. The van der Waals surface area contributed by atoms with Crippen molar-refractivity contribution in [2.75, 3.05) is 25.1 Å². The number of nitrogens with zero attached hydrogens (tertiary/aromatic N) is 5. The molecular weight excluding hydrogens is 687 g/mol. The molecular formula is C38H38ClFN6O4Si. The van der Waals surface area contributed by atoms with E-state index >= 15 is 0 Å². The van der Waals surface area contributed by atoms with Crippen LogP contribution in [0.2, 0.25) is 10.1 Å². The second-order valence-electron chi connectivity index (χ2n) is 12.9. The minimum Gasteiger partial charge on any atom is -0.461 e. The summed E-state index contributed by atoms with van der Waals surface area (Å²) in [6.45, 7) is 8.62. The molecule has 0 radical (unpaired) electrons. The number of pyridine rings is 1. The van der Waals surface area contributed by atoms with Gasteiger partial charge in [-0.15, -0.1) is 0 Å². The number of carbonyl (C=O) groups is 1. The maximum Gasteiger partial charge on any atom is 0.269 e. The highest BCUT2D eigenvalue weighted by Crippen LogP contribution is 2.36. The zero-order valence-corrected chi connectivity index (χ0v) is 30.5. The Kier molecular flexibility index (Phi) is 10.9. The van der Waals surface area contributed by atoms with Crippen LogP contribution in [0.5, 0.6) is 5.88 Å². The molecule has 0 aliphatic rings. The smallest absolute Gasteiger partial charge is 0.269 e. The number of halogens is 2. The van der Waals surface area contributed by atoms with E-state index in [0.29, 0.717) is 27.3 Å². The Labute approximate surface area is 301 Å². The van der Waals surface area contributed by atoms with Crippen molar-refractivity contribution in [2.24, 2.45) is 0 Å². The molecule has 0 saturated heterocycles. The Morgan fingerprint density at radius 3 is 2.25 bits per heavy atom. The van der Waals surface area contributed by atoms with Crippen molar-refractivity contribution >= 4 is 53.1 Å². The second-order valence-corrected chi connectivity index (χ2v) is 17.6. The van der Waals surface area contributed by atoms with Crippen molar-refractivity contribution in [1.82, 2.24) is 24.7 Å². The largest absolute Gasteiger partial charge is 0.461 e. The molecule has 1 N–H and O–H groups in total. The molecule has 51 heavy (non-hydrogen) atoms. The van der Waals surface area contributed by atoms with Crippen LogP contribution in [0.15, 0.2) is 110 Å². The SMILES string of the molecule is Cc1c(F)cccc1-n1ncc2c(O[C@@H](COCCO[Si](c3ccccc3)(c3ccccc3)C(C)(C)C)C(=O)Nc3ccc(Cl)cn3)ncnc21. The number of aromatic nitrogens is 5. The first-order chi connectivity index (χ1) is 24.6. The number of benzene rings is 3. The maximum atomic E-state index is 14.4. The molecule has 0 unspecified atom stereocenters. The summed E-state index contributed by atoms with van der Waals surface area (Å²) in [4.78, 5) is 26.5. The summed E-state index contributed by atoms with van der Waals surface area (Å²) in [7, 11) is -2.79. The van der Waals surface area contributed by atoms with Gasteiger partial charge in [-0.25, -0.2) is 24.0 Å². The third-order valence-electron chi connectivity index (χ3n) is 8.55. The molecule has 0 fully saturated rings. The Hall–Kier alpha value is -5.01. The number of hydrogen-bond acceptors (Lipinski definition) is 8. The zero-order chi connectivity index (χ0) is 36.0. The summed E-state index contributed by atoms with van der Waals surface area (Å²) in [5.74, 6) is -0.491. The van der Waals surface area contributed by atoms with Gasteiger partial charge in [0.15, 0.2) is 5.65 Å². The molecule has 6 aromatic rings. The van der Waals surface area contributed by atoms with Crippen molar-refractivity contribution < 1.29 is 23.1 Å². The lowest BCUT2D eigenvalue weighted by atomic mass is 10.2. The van der Waals surface area contributed by atoms with E-state index < -0.39 is 20.3 Å². The number of rotatable bonds is 13. The molecule has 3 aromatic heterocycles. The molecule has 3 aromatic carbocycles. The molecule has 0 saturated carbocycles. The zero-order valence-electron chi connectivity index (χ0n) is 28.7. The van der Waals surface area contributed by atoms with Gasteiger partial charge in [0.05, 0.1) is 36.7 Å². The molecule has 13 heteroatoms. The normalized spacial score (nSPS) is 12.5. The number of ether oxygens (including phenoxy) is 2. The molecule has 0 spiro atoms. The van der Waals surface area contributed by atoms with Gasteiger partial charge in [-0.1, -0.05) is 99.1 Å². The van der Waals surface area contributed by atoms with Crippen LogP contribution < -0.4 is 20.4 Å². The Bertz CT molecular complexity index is 2060. The number of anilines is 1. The van der Waals surface area contributed by atoms with E-state index in [0.717, 1.165) is 10.4 Å². The number of hydrogen-bond donors (Lipinski definition) is 1. The average Bonchev–Trinajstić information content (AvgIpc) is 3.56. The Morgan fingerprint density at radius 2 is 1.61 bits per heavy atom. The van der Waals surface area contributed by atoms with Crippen LogP contribution in [0.1, 0.15) is 26.3 Å². The van der Waals surface area contributed by atoms with Crippen LogP contribution in [-0.2, 0) is 14.0 Å². The predicted octanol–water partition coefficient (Wildman–Crippen LogP) is 6.29.